The SMILES string of the molecule is O=C(C1CC1)N1CCN(c2nccc3c(=O)[nH]cnc23)CC1. The van der Waals surface area contributed by atoms with Crippen LogP contribution in [0.5, 0.6) is 0 Å². The Morgan fingerprint density at radius 1 is 1.18 bits per heavy atom. The molecule has 0 radical (unpaired) electrons. The highest BCUT2D eigenvalue weighted by molar-refractivity contribution is 5.87. The minimum atomic E-state index is -0.156. The van der Waals surface area contributed by atoms with Crippen molar-refractivity contribution in [2.75, 3.05) is 31.1 Å². The Morgan fingerprint density at radius 2 is 1.95 bits per heavy atom. The molecule has 0 spiro atoms. The molecule has 3 heterocycles. The van der Waals surface area contributed by atoms with E-state index in [1.807, 2.05) is 4.90 Å². The van der Waals surface area contributed by atoms with Gasteiger partial charge in [0.05, 0.1) is 11.7 Å². The molecule has 2 aromatic rings. The van der Waals surface area contributed by atoms with Crippen LogP contribution in [0.2, 0.25) is 0 Å². The minimum absolute atomic E-state index is 0.156. The van der Waals surface area contributed by atoms with Gasteiger partial charge in [0.25, 0.3) is 5.56 Å². The van der Waals surface area contributed by atoms with Crippen LogP contribution in [0.3, 0.4) is 0 Å². The zero-order valence-corrected chi connectivity index (χ0v) is 12.2. The number of carbonyl (C=O) groups is 1. The van der Waals surface area contributed by atoms with E-state index in [-0.39, 0.29) is 11.5 Å². The smallest absolute Gasteiger partial charge is 0.258 e. The zero-order chi connectivity index (χ0) is 15.1. The lowest BCUT2D eigenvalue weighted by molar-refractivity contribution is -0.132. The van der Waals surface area contributed by atoms with Gasteiger partial charge in [-0.2, -0.15) is 0 Å². The third-order valence-corrected chi connectivity index (χ3v) is 4.36. The highest BCUT2D eigenvalue weighted by Crippen LogP contribution is 2.31. The van der Waals surface area contributed by atoms with E-state index in [0.29, 0.717) is 29.9 Å². The van der Waals surface area contributed by atoms with Crippen LogP contribution in [0.1, 0.15) is 12.8 Å². The van der Waals surface area contributed by atoms with E-state index in [0.717, 1.165) is 31.7 Å². The second-order valence-corrected chi connectivity index (χ2v) is 5.85. The van der Waals surface area contributed by atoms with Gasteiger partial charge in [0.1, 0.15) is 5.52 Å². The summed E-state index contributed by atoms with van der Waals surface area (Å²) in [5, 5.41) is 0.545. The fourth-order valence-corrected chi connectivity index (χ4v) is 2.95. The molecule has 7 nitrogen and oxygen atoms in total. The molecule has 1 saturated heterocycles. The van der Waals surface area contributed by atoms with E-state index >= 15 is 0 Å². The number of anilines is 1. The van der Waals surface area contributed by atoms with Crippen LogP contribution in [0.25, 0.3) is 10.9 Å². The van der Waals surface area contributed by atoms with Crippen molar-refractivity contribution in [3.8, 4) is 0 Å². The lowest BCUT2D eigenvalue weighted by Gasteiger charge is -2.35. The van der Waals surface area contributed by atoms with E-state index in [2.05, 4.69) is 19.9 Å². The molecule has 1 aliphatic heterocycles. The molecule has 0 aromatic carbocycles. The average molecular weight is 299 g/mol. The Labute approximate surface area is 127 Å². The fourth-order valence-electron chi connectivity index (χ4n) is 2.95. The summed E-state index contributed by atoms with van der Waals surface area (Å²) in [6.07, 6.45) is 5.12. The summed E-state index contributed by atoms with van der Waals surface area (Å²) in [6, 6.07) is 1.68. The summed E-state index contributed by atoms with van der Waals surface area (Å²) in [5.41, 5.74) is 0.462. The molecule has 4 rings (SSSR count). The summed E-state index contributed by atoms with van der Waals surface area (Å²) < 4.78 is 0. The van der Waals surface area contributed by atoms with Crippen LogP contribution in [-0.4, -0.2) is 51.9 Å². The molecule has 0 unspecified atom stereocenters. The lowest BCUT2D eigenvalue weighted by Crippen LogP contribution is -2.49. The molecule has 2 aliphatic rings. The summed E-state index contributed by atoms with van der Waals surface area (Å²) >= 11 is 0. The first-order valence-corrected chi connectivity index (χ1v) is 7.60. The topological polar surface area (TPSA) is 82.2 Å². The Morgan fingerprint density at radius 3 is 2.68 bits per heavy atom. The molecule has 0 bridgehead atoms. The molecule has 0 atom stereocenters. The number of hydrogen-bond acceptors (Lipinski definition) is 5. The molecule has 22 heavy (non-hydrogen) atoms. The van der Waals surface area contributed by atoms with Crippen molar-refractivity contribution >= 4 is 22.6 Å². The van der Waals surface area contributed by atoms with Gasteiger partial charge in [0.15, 0.2) is 5.82 Å². The predicted molar refractivity (Wildman–Crippen MR) is 81.7 cm³/mol. The molecule has 114 valence electrons. The van der Waals surface area contributed by atoms with Gasteiger partial charge in [-0.05, 0) is 18.9 Å². The number of hydrogen-bond donors (Lipinski definition) is 1. The van der Waals surface area contributed by atoms with Gasteiger partial charge in [-0.15, -0.1) is 0 Å². The molecule has 1 aliphatic carbocycles. The maximum atomic E-state index is 12.1. The number of aromatic nitrogens is 3. The summed E-state index contributed by atoms with van der Waals surface area (Å²) in [4.78, 5) is 39.2. The third-order valence-electron chi connectivity index (χ3n) is 4.36. The number of aromatic amines is 1. The maximum absolute atomic E-state index is 12.1. The van der Waals surface area contributed by atoms with E-state index in [1.165, 1.54) is 6.33 Å². The Bertz CT molecular complexity index is 775. The molecular weight excluding hydrogens is 282 g/mol. The first-order chi connectivity index (χ1) is 10.7. The number of H-pyrrole nitrogens is 1. The number of rotatable bonds is 2. The Kier molecular flexibility index (Phi) is 3.06. The van der Waals surface area contributed by atoms with Crippen LogP contribution in [-0.2, 0) is 4.79 Å². The van der Waals surface area contributed by atoms with E-state index < -0.39 is 0 Å². The number of nitrogens with zero attached hydrogens (tertiary/aromatic N) is 4. The summed E-state index contributed by atoms with van der Waals surface area (Å²) in [7, 11) is 0. The van der Waals surface area contributed by atoms with E-state index in [4.69, 9.17) is 0 Å². The summed E-state index contributed by atoms with van der Waals surface area (Å²) in [5.74, 6) is 1.28. The number of pyridine rings is 1. The zero-order valence-electron chi connectivity index (χ0n) is 12.2. The normalized spacial score (nSPS) is 18.7. The van der Waals surface area contributed by atoms with Crippen molar-refractivity contribution in [3.05, 3.63) is 28.9 Å². The molecule has 2 aromatic heterocycles. The maximum Gasteiger partial charge on any atom is 0.258 e. The Balaban J connectivity index is 1.57. The van der Waals surface area contributed by atoms with Crippen LogP contribution >= 0.6 is 0 Å². The van der Waals surface area contributed by atoms with Crippen molar-refractivity contribution in [1.82, 2.24) is 19.9 Å². The largest absolute Gasteiger partial charge is 0.351 e. The van der Waals surface area contributed by atoms with Crippen molar-refractivity contribution < 1.29 is 4.79 Å². The first-order valence-electron chi connectivity index (χ1n) is 7.60. The monoisotopic (exact) mass is 299 g/mol. The highest BCUT2D eigenvalue weighted by atomic mass is 16.2. The minimum Gasteiger partial charge on any atom is -0.351 e. The molecule has 1 amide bonds. The van der Waals surface area contributed by atoms with Gasteiger partial charge >= 0.3 is 0 Å². The average Bonchev–Trinajstić information content (AvgIpc) is 3.39. The first kappa shape index (κ1) is 13.2. The van der Waals surface area contributed by atoms with E-state index in [9.17, 15) is 9.59 Å². The Hall–Kier alpha value is -2.44. The lowest BCUT2D eigenvalue weighted by atomic mass is 10.2. The second kappa shape index (κ2) is 5.08. The quantitative estimate of drug-likeness (QED) is 0.866. The van der Waals surface area contributed by atoms with Crippen molar-refractivity contribution in [2.24, 2.45) is 5.92 Å². The molecule has 2 fully saturated rings. The van der Waals surface area contributed by atoms with E-state index in [1.54, 1.807) is 12.3 Å². The van der Waals surface area contributed by atoms with Gasteiger partial charge in [0.2, 0.25) is 5.91 Å². The summed E-state index contributed by atoms with van der Waals surface area (Å²) in [6.45, 7) is 2.85. The molecule has 7 heteroatoms. The third kappa shape index (κ3) is 2.22. The van der Waals surface area contributed by atoms with Crippen molar-refractivity contribution in [1.29, 1.82) is 0 Å². The molecule has 1 saturated carbocycles. The fraction of sp³-hybridized carbons (Fsp3) is 0.467. The van der Waals surface area contributed by atoms with Crippen LogP contribution < -0.4 is 10.5 Å². The highest BCUT2D eigenvalue weighted by Gasteiger charge is 2.34. The number of fused-ring (bicyclic) bond motifs is 1. The van der Waals surface area contributed by atoms with Crippen LogP contribution in [0, 0.1) is 5.92 Å². The number of nitrogens with one attached hydrogen (secondary N) is 1. The van der Waals surface area contributed by atoms with Crippen LogP contribution in [0.4, 0.5) is 5.82 Å². The van der Waals surface area contributed by atoms with Gasteiger partial charge < -0.3 is 14.8 Å². The predicted octanol–water partition coefficient (Wildman–Crippen LogP) is 0.377. The second-order valence-electron chi connectivity index (χ2n) is 5.85. The van der Waals surface area contributed by atoms with Gasteiger partial charge in [-0.25, -0.2) is 9.97 Å². The van der Waals surface area contributed by atoms with Crippen molar-refractivity contribution in [3.63, 3.8) is 0 Å². The van der Waals surface area contributed by atoms with Gasteiger partial charge in [-0.3, -0.25) is 9.59 Å². The van der Waals surface area contributed by atoms with Crippen molar-refractivity contribution in [2.45, 2.75) is 12.8 Å². The number of piperazine rings is 1. The van der Waals surface area contributed by atoms with Gasteiger partial charge in [0, 0.05) is 38.3 Å². The molecular formula is C15H17N5O2. The number of amides is 1. The van der Waals surface area contributed by atoms with Crippen LogP contribution in [0.15, 0.2) is 23.4 Å². The van der Waals surface area contributed by atoms with Gasteiger partial charge in [-0.1, -0.05) is 0 Å². The number of carbonyl (C=O) groups excluding carboxylic acids is 1. The molecule has 1 N–H and O–H groups in total. The standard InChI is InChI=1S/C15H17N5O2/c21-14-11-3-4-16-13(12(11)17-9-18-14)19-5-7-20(8-6-19)15(22)10-1-2-10/h3-4,9-10H,1-2,5-8H2,(H,17,18,21).